The van der Waals surface area contributed by atoms with Crippen LogP contribution in [0.5, 0.6) is 0 Å². The molecule has 0 aliphatic carbocycles. The average Bonchev–Trinajstić information content (AvgIpc) is 2.97. The van der Waals surface area contributed by atoms with Crippen molar-refractivity contribution in [1.29, 1.82) is 0 Å². The minimum atomic E-state index is -3.31. The molecule has 0 bridgehead atoms. The fourth-order valence-corrected chi connectivity index (χ4v) is 4.37. The van der Waals surface area contributed by atoms with Crippen LogP contribution < -0.4 is 5.32 Å². The van der Waals surface area contributed by atoms with Crippen molar-refractivity contribution >= 4 is 15.9 Å². The molecule has 1 amide bonds. The van der Waals surface area contributed by atoms with Gasteiger partial charge in [0, 0.05) is 19.1 Å². The first kappa shape index (κ1) is 16.7. The van der Waals surface area contributed by atoms with Crippen LogP contribution >= 0.6 is 0 Å². The van der Waals surface area contributed by atoms with E-state index in [0.717, 1.165) is 25.9 Å². The van der Waals surface area contributed by atoms with Gasteiger partial charge in [-0.1, -0.05) is 6.42 Å². The minimum Gasteiger partial charge on any atom is -0.353 e. The summed E-state index contributed by atoms with van der Waals surface area (Å²) in [6.07, 6.45) is 6.00. The van der Waals surface area contributed by atoms with Gasteiger partial charge in [0.15, 0.2) is 0 Å². The zero-order valence-corrected chi connectivity index (χ0v) is 13.9. The van der Waals surface area contributed by atoms with E-state index in [0.29, 0.717) is 25.6 Å². The van der Waals surface area contributed by atoms with E-state index in [4.69, 9.17) is 0 Å². The number of hydrogen-bond donors (Lipinski definition) is 1. The molecule has 0 aromatic rings. The minimum absolute atomic E-state index is 0.147. The fourth-order valence-electron chi connectivity index (χ4n) is 3.24. The fraction of sp³-hybridized carbons (Fsp3) is 0.929. The van der Waals surface area contributed by atoms with Crippen molar-refractivity contribution in [3.05, 3.63) is 0 Å². The van der Waals surface area contributed by atoms with Crippen LogP contribution in [0.2, 0.25) is 0 Å². The maximum absolute atomic E-state index is 12.3. The quantitative estimate of drug-likeness (QED) is 0.797. The summed E-state index contributed by atoms with van der Waals surface area (Å²) in [4.78, 5) is 14.7. The molecule has 2 rings (SSSR count). The van der Waals surface area contributed by atoms with Gasteiger partial charge in [-0.2, -0.15) is 4.31 Å². The Hall–Kier alpha value is -0.660. The van der Waals surface area contributed by atoms with Crippen molar-refractivity contribution in [2.45, 2.75) is 51.1 Å². The third-order valence-corrected chi connectivity index (χ3v) is 5.81. The Morgan fingerprint density at radius 3 is 2.43 bits per heavy atom. The maximum Gasteiger partial charge on any atom is 0.238 e. The highest BCUT2D eigenvalue weighted by Crippen LogP contribution is 2.20. The Morgan fingerprint density at radius 1 is 1.19 bits per heavy atom. The Kier molecular flexibility index (Phi) is 5.62. The lowest BCUT2D eigenvalue weighted by Crippen LogP contribution is -2.53. The van der Waals surface area contributed by atoms with Crippen LogP contribution in [0.25, 0.3) is 0 Å². The van der Waals surface area contributed by atoms with Crippen molar-refractivity contribution in [1.82, 2.24) is 14.5 Å². The van der Waals surface area contributed by atoms with Gasteiger partial charge in [0.05, 0.1) is 6.26 Å². The molecule has 21 heavy (non-hydrogen) atoms. The average molecular weight is 317 g/mol. The highest BCUT2D eigenvalue weighted by Gasteiger charge is 2.34. The van der Waals surface area contributed by atoms with Gasteiger partial charge < -0.3 is 5.32 Å². The molecule has 1 N–H and O–H groups in total. The van der Waals surface area contributed by atoms with Crippen LogP contribution in [0.3, 0.4) is 0 Å². The Balaban J connectivity index is 1.88. The first-order chi connectivity index (χ1) is 9.89. The Morgan fingerprint density at radius 2 is 1.81 bits per heavy atom. The Labute approximate surface area is 127 Å². The number of piperidine rings is 1. The van der Waals surface area contributed by atoms with Gasteiger partial charge >= 0.3 is 0 Å². The first-order valence-electron chi connectivity index (χ1n) is 7.88. The molecule has 2 fully saturated rings. The molecule has 7 heteroatoms. The highest BCUT2D eigenvalue weighted by atomic mass is 32.2. The van der Waals surface area contributed by atoms with Crippen molar-refractivity contribution in [3.8, 4) is 0 Å². The number of amides is 1. The zero-order chi connectivity index (χ0) is 15.5. The monoisotopic (exact) mass is 317 g/mol. The van der Waals surface area contributed by atoms with E-state index in [-0.39, 0.29) is 5.91 Å². The molecule has 0 saturated carbocycles. The van der Waals surface area contributed by atoms with Gasteiger partial charge in [0.2, 0.25) is 15.9 Å². The molecular weight excluding hydrogens is 290 g/mol. The van der Waals surface area contributed by atoms with Crippen LogP contribution in [-0.2, 0) is 14.8 Å². The molecule has 0 spiro atoms. The van der Waals surface area contributed by atoms with Gasteiger partial charge in [0.25, 0.3) is 0 Å². The second-order valence-corrected chi connectivity index (χ2v) is 8.16. The molecule has 0 aromatic carbocycles. The summed E-state index contributed by atoms with van der Waals surface area (Å²) in [5.74, 6) is -0.147. The van der Waals surface area contributed by atoms with E-state index in [9.17, 15) is 13.2 Å². The molecule has 2 heterocycles. The van der Waals surface area contributed by atoms with Crippen LogP contribution in [0, 0.1) is 0 Å². The summed E-state index contributed by atoms with van der Waals surface area (Å²) in [6, 6.07) is -0.216. The van der Waals surface area contributed by atoms with Crippen molar-refractivity contribution in [2.24, 2.45) is 0 Å². The van der Waals surface area contributed by atoms with Crippen LogP contribution in [0.15, 0.2) is 0 Å². The first-order valence-corrected chi connectivity index (χ1v) is 9.73. The summed E-state index contributed by atoms with van der Waals surface area (Å²) in [5.41, 5.74) is 0. The third-order valence-electron chi connectivity index (χ3n) is 4.52. The molecule has 2 aliphatic heterocycles. The third kappa shape index (κ3) is 4.40. The van der Waals surface area contributed by atoms with E-state index < -0.39 is 16.1 Å². The molecule has 2 atom stereocenters. The summed E-state index contributed by atoms with van der Waals surface area (Å²) in [5, 5.41) is 2.94. The van der Waals surface area contributed by atoms with Crippen LogP contribution in [-0.4, -0.2) is 68.0 Å². The van der Waals surface area contributed by atoms with Gasteiger partial charge in [-0.05, 0) is 45.7 Å². The molecule has 6 nitrogen and oxygen atoms in total. The SMILES string of the molecule is C[C@@H](CNC(=O)[C@H]1CCCCN1S(C)(=O)=O)N1CCCC1. The lowest BCUT2D eigenvalue weighted by Gasteiger charge is -2.33. The molecule has 2 aliphatic rings. The highest BCUT2D eigenvalue weighted by molar-refractivity contribution is 7.88. The van der Waals surface area contributed by atoms with Crippen molar-refractivity contribution < 1.29 is 13.2 Å². The van der Waals surface area contributed by atoms with E-state index in [1.165, 1.54) is 23.4 Å². The lowest BCUT2D eigenvalue weighted by molar-refractivity contribution is -0.125. The standard InChI is InChI=1S/C14H27N3O3S/c1-12(16-8-5-6-9-16)11-15-14(18)13-7-3-4-10-17(13)21(2,19)20/h12-13H,3-11H2,1-2H3,(H,15,18)/t12-,13+/m0/s1. The van der Waals surface area contributed by atoms with E-state index in [1.807, 2.05) is 0 Å². The number of sulfonamides is 1. The molecule has 0 radical (unpaired) electrons. The summed E-state index contributed by atoms with van der Waals surface area (Å²) >= 11 is 0. The summed E-state index contributed by atoms with van der Waals surface area (Å²) in [6.45, 7) is 5.35. The molecule has 0 unspecified atom stereocenters. The van der Waals surface area contributed by atoms with Gasteiger partial charge in [-0.25, -0.2) is 8.42 Å². The topological polar surface area (TPSA) is 69.7 Å². The van der Waals surface area contributed by atoms with Gasteiger partial charge in [-0.3, -0.25) is 9.69 Å². The predicted molar refractivity (Wildman–Crippen MR) is 82.5 cm³/mol. The number of nitrogens with zero attached hydrogens (tertiary/aromatic N) is 2. The summed E-state index contributed by atoms with van der Waals surface area (Å²) < 4.78 is 24.9. The molecule has 122 valence electrons. The molecule has 2 saturated heterocycles. The lowest BCUT2D eigenvalue weighted by atomic mass is 10.0. The van der Waals surface area contributed by atoms with Gasteiger partial charge in [0.1, 0.15) is 6.04 Å². The van der Waals surface area contributed by atoms with Gasteiger partial charge in [-0.15, -0.1) is 0 Å². The molecule has 0 aromatic heterocycles. The number of likely N-dealkylation sites (tertiary alicyclic amines) is 1. The summed E-state index contributed by atoms with van der Waals surface area (Å²) in [7, 11) is -3.31. The Bertz CT molecular complexity index is 460. The normalized spacial score (nSPS) is 26.7. The van der Waals surface area contributed by atoms with Crippen LogP contribution in [0.1, 0.15) is 39.0 Å². The number of nitrogens with one attached hydrogen (secondary N) is 1. The maximum atomic E-state index is 12.3. The smallest absolute Gasteiger partial charge is 0.238 e. The van der Waals surface area contributed by atoms with E-state index in [1.54, 1.807) is 0 Å². The van der Waals surface area contributed by atoms with Crippen molar-refractivity contribution in [3.63, 3.8) is 0 Å². The number of rotatable bonds is 5. The zero-order valence-electron chi connectivity index (χ0n) is 13.0. The number of hydrogen-bond acceptors (Lipinski definition) is 4. The number of carbonyl (C=O) groups excluding carboxylic acids is 1. The largest absolute Gasteiger partial charge is 0.353 e. The predicted octanol–water partition coefficient (Wildman–Crippen LogP) is 0.401. The second-order valence-electron chi connectivity index (χ2n) is 6.22. The van der Waals surface area contributed by atoms with Crippen molar-refractivity contribution in [2.75, 3.05) is 32.4 Å². The molecular formula is C14H27N3O3S. The number of carbonyl (C=O) groups is 1. The van der Waals surface area contributed by atoms with E-state index >= 15 is 0 Å². The van der Waals surface area contributed by atoms with Crippen LogP contribution in [0.4, 0.5) is 0 Å². The second kappa shape index (κ2) is 7.07. The van der Waals surface area contributed by atoms with E-state index in [2.05, 4.69) is 17.1 Å².